The van der Waals surface area contributed by atoms with Crippen LogP contribution in [0.4, 0.5) is 4.79 Å². The van der Waals surface area contributed by atoms with E-state index in [-0.39, 0.29) is 24.9 Å². The smallest absolute Gasteiger partial charge is 0.407 e. The zero-order valence-electron chi connectivity index (χ0n) is 21.1. The average molecular weight is 481 g/mol. The summed E-state index contributed by atoms with van der Waals surface area (Å²) in [6.07, 6.45) is -0.0254. The number of carbonyl (C=O) groups is 3. The number of rotatable bonds is 9. The molecule has 35 heavy (non-hydrogen) atoms. The molecule has 0 saturated carbocycles. The summed E-state index contributed by atoms with van der Waals surface area (Å²) in [5.41, 5.74) is 4.10. The molecule has 2 aromatic carbocycles. The van der Waals surface area contributed by atoms with Crippen LogP contribution < -0.4 is 10.6 Å². The molecule has 0 fully saturated rings. The lowest BCUT2D eigenvalue weighted by molar-refractivity contribution is -0.143. The number of hydrogen-bond donors (Lipinski definition) is 3. The van der Waals surface area contributed by atoms with E-state index in [0.717, 1.165) is 22.3 Å². The molecule has 0 aliphatic heterocycles. The first-order chi connectivity index (χ1) is 16.5. The summed E-state index contributed by atoms with van der Waals surface area (Å²) in [6.45, 7) is 9.59. The van der Waals surface area contributed by atoms with Crippen LogP contribution >= 0.6 is 0 Å². The fraction of sp³-hybridized carbons (Fsp3) is 0.464. The molecule has 3 unspecified atom stereocenters. The van der Waals surface area contributed by atoms with Gasteiger partial charge in [0, 0.05) is 18.4 Å². The predicted octanol–water partition coefficient (Wildman–Crippen LogP) is 4.95. The molecule has 1 aliphatic rings. The van der Waals surface area contributed by atoms with Crippen molar-refractivity contribution in [3.8, 4) is 11.1 Å². The molecule has 0 bridgehead atoms. The molecule has 7 heteroatoms. The number of ether oxygens (including phenoxy) is 1. The van der Waals surface area contributed by atoms with Crippen LogP contribution in [0.15, 0.2) is 48.5 Å². The van der Waals surface area contributed by atoms with Crippen LogP contribution in [0, 0.1) is 11.3 Å². The number of alkyl carbamates (subject to hydrolysis) is 1. The summed E-state index contributed by atoms with van der Waals surface area (Å²) in [7, 11) is 0. The second-order valence-corrected chi connectivity index (χ2v) is 10.4. The van der Waals surface area contributed by atoms with Gasteiger partial charge in [-0.3, -0.25) is 4.79 Å². The van der Waals surface area contributed by atoms with Gasteiger partial charge in [-0.05, 0) is 33.6 Å². The third kappa shape index (κ3) is 6.21. The minimum absolute atomic E-state index is 0.0477. The summed E-state index contributed by atoms with van der Waals surface area (Å²) in [6, 6.07) is 14.7. The molecular weight excluding hydrogens is 444 g/mol. The molecule has 0 aromatic heterocycles. The molecule has 0 heterocycles. The van der Waals surface area contributed by atoms with E-state index in [4.69, 9.17) is 4.74 Å². The maximum absolute atomic E-state index is 12.8. The Morgan fingerprint density at radius 2 is 1.51 bits per heavy atom. The van der Waals surface area contributed by atoms with Gasteiger partial charge in [-0.1, -0.05) is 89.6 Å². The van der Waals surface area contributed by atoms with Crippen LogP contribution in [0.2, 0.25) is 0 Å². The van der Waals surface area contributed by atoms with Crippen molar-refractivity contribution in [3.63, 3.8) is 0 Å². The van der Waals surface area contributed by atoms with Crippen molar-refractivity contribution in [2.24, 2.45) is 11.3 Å². The number of carbonyl (C=O) groups excluding carboxylic acids is 2. The van der Waals surface area contributed by atoms with Gasteiger partial charge >= 0.3 is 12.1 Å². The first kappa shape index (κ1) is 26.3. The molecule has 7 nitrogen and oxygen atoms in total. The van der Waals surface area contributed by atoms with Crippen molar-refractivity contribution in [2.45, 2.75) is 65.5 Å². The molecule has 1 aliphatic carbocycles. The predicted molar refractivity (Wildman–Crippen MR) is 135 cm³/mol. The lowest BCUT2D eigenvalue weighted by atomic mass is 9.84. The highest BCUT2D eigenvalue weighted by Gasteiger charge is 2.33. The van der Waals surface area contributed by atoms with Gasteiger partial charge in [0.2, 0.25) is 5.91 Å². The molecule has 3 atom stereocenters. The largest absolute Gasteiger partial charge is 0.480 e. The van der Waals surface area contributed by atoms with Crippen molar-refractivity contribution < 1.29 is 24.2 Å². The number of hydrogen-bond acceptors (Lipinski definition) is 4. The molecule has 0 radical (unpaired) electrons. The molecule has 3 N–H and O–H groups in total. The first-order valence-corrected chi connectivity index (χ1v) is 12.2. The Balaban J connectivity index is 1.65. The van der Waals surface area contributed by atoms with Gasteiger partial charge in [0.15, 0.2) is 0 Å². The van der Waals surface area contributed by atoms with Crippen molar-refractivity contribution in [3.05, 3.63) is 59.7 Å². The summed E-state index contributed by atoms with van der Waals surface area (Å²) in [5, 5.41) is 14.9. The number of carboxylic acid groups (broad SMARTS) is 1. The lowest BCUT2D eigenvalue weighted by Crippen LogP contribution is -2.50. The SMILES string of the molecule is CCC(C)C(NC(=O)CC(NC(=O)OCC1c2ccccc2-c2ccccc21)C(C)(C)C)C(=O)O. The van der Waals surface area contributed by atoms with E-state index in [2.05, 4.69) is 34.9 Å². The van der Waals surface area contributed by atoms with Gasteiger partial charge in [0.05, 0.1) is 0 Å². The van der Waals surface area contributed by atoms with Crippen molar-refractivity contribution >= 4 is 18.0 Å². The highest BCUT2D eigenvalue weighted by atomic mass is 16.5. The van der Waals surface area contributed by atoms with Gasteiger partial charge in [-0.15, -0.1) is 0 Å². The molecule has 2 amide bonds. The molecule has 3 rings (SSSR count). The van der Waals surface area contributed by atoms with E-state index in [1.807, 2.05) is 52.0 Å². The molecule has 0 saturated heterocycles. The van der Waals surface area contributed by atoms with E-state index in [1.165, 1.54) is 0 Å². The number of carboxylic acids is 1. The minimum Gasteiger partial charge on any atom is -0.480 e. The van der Waals surface area contributed by atoms with Gasteiger partial charge in [-0.25, -0.2) is 9.59 Å². The van der Waals surface area contributed by atoms with Crippen LogP contribution in [-0.2, 0) is 14.3 Å². The maximum atomic E-state index is 12.8. The third-order valence-electron chi connectivity index (χ3n) is 6.87. The van der Waals surface area contributed by atoms with Crippen molar-refractivity contribution in [1.82, 2.24) is 10.6 Å². The summed E-state index contributed by atoms with van der Waals surface area (Å²) >= 11 is 0. The Morgan fingerprint density at radius 3 is 2.00 bits per heavy atom. The van der Waals surface area contributed by atoms with E-state index < -0.39 is 35.5 Å². The molecule has 0 spiro atoms. The number of aliphatic carboxylic acids is 1. The highest BCUT2D eigenvalue weighted by Crippen LogP contribution is 2.44. The monoisotopic (exact) mass is 480 g/mol. The van der Waals surface area contributed by atoms with Crippen molar-refractivity contribution in [2.75, 3.05) is 6.61 Å². The van der Waals surface area contributed by atoms with Gasteiger partial charge in [0.25, 0.3) is 0 Å². The normalized spacial score (nSPS) is 15.3. The molecule has 188 valence electrons. The van der Waals surface area contributed by atoms with Crippen LogP contribution in [0.25, 0.3) is 11.1 Å². The topological polar surface area (TPSA) is 105 Å². The number of amides is 2. The number of fused-ring (bicyclic) bond motifs is 3. The Kier molecular flexibility index (Phi) is 8.20. The Labute approximate surface area is 207 Å². The van der Waals surface area contributed by atoms with Crippen LogP contribution in [0.5, 0.6) is 0 Å². The zero-order valence-corrected chi connectivity index (χ0v) is 21.1. The average Bonchev–Trinajstić information content (AvgIpc) is 3.13. The Morgan fingerprint density at radius 1 is 0.971 bits per heavy atom. The fourth-order valence-electron chi connectivity index (χ4n) is 4.46. The first-order valence-electron chi connectivity index (χ1n) is 12.2. The summed E-state index contributed by atoms with van der Waals surface area (Å²) < 4.78 is 5.65. The number of benzene rings is 2. The minimum atomic E-state index is -1.07. The Bertz CT molecular complexity index is 1030. The van der Waals surface area contributed by atoms with Crippen LogP contribution in [0.3, 0.4) is 0 Å². The highest BCUT2D eigenvalue weighted by molar-refractivity contribution is 5.84. The fourth-order valence-corrected chi connectivity index (χ4v) is 4.46. The van der Waals surface area contributed by atoms with E-state index in [1.54, 1.807) is 6.92 Å². The van der Waals surface area contributed by atoms with E-state index >= 15 is 0 Å². The van der Waals surface area contributed by atoms with Gasteiger partial charge in [-0.2, -0.15) is 0 Å². The van der Waals surface area contributed by atoms with Gasteiger partial charge in [0.1, 0.15) is 12.6 Å². The third-order valence-corrected chi connectivity index (χ3v) is 6.87. The van der Waals surface area contributed by atoms with E-state index in [0.29, 0.717) is 6.42 Å². The Hall–Kier alpha value is -3.35. The zero-order chi connectivity index (χ0) is 25.8. The molecular formula is C28H36N2O5. The summed E-state index contributed by atoms with van der Waals surface area (Å²) in [5.74, 6) is -1.75. The quantitative estimate of drug-likeness (QED) is 0.471. The summed E-state index contributed by atoms with van der Waals surface area (Å²) in [4.78, 5) is 37.1. The van der Waals surface area contributed by atoms with Gasteiger partial charge < -0.3 is 20.5 Å². The van der Waals surface area contributed by atoms with E-state index in [9.17, 15) is 19.5 Å². The lowest BCUT2D eigenvalue weighted by Gasteiger charge is -2.31. The standard InChI is InChI=1S/C28H36N2O5/c1-6-17(2)25(26(32)33)30-24(31)15-23(28(3,4)5)29-27(34)35-16-22-20-13-9-7-11-18(20)19-12-8-10-14-21(19)22/h7-14,17,22-23,25H,6,15-16H2,1-5H3,(H,29,34)(H,30,31)(H,32,33). The van der Waals surface area contributed by atoms with Crippen molar-refractivity contribution in [1.29, 1.82) is 0 Å². The second-order valence-electron chi connectivity index (χ2n) is 10.4. The van der Waals surface area contributed by atoms with Crippen LogP contribution in [0.1, 0.15) is 64.5 Å². The molecule has 2 aromatic rings. The van der Waals surface area contributed by atoms with Crippen LogP contribution in [-0.4, -0.2) is 41.8 Å². The maximum Gasteiger partial charge on any atom is 0.407 e. The number of nitrogens with one attached hydrogen (secondary N) is 2. The second kappa shape index (κ2) is 10.9.